The molecule has 0 saturated heterocycles. The Morgan fingerprint density at radius 3 is 2.23 bits per heavy atom. The van der Waals surface area contributed by atoms with Crippen molar-refractivity contribution in [2.45, 2.75) is 33.3 Å². The lowest BCUT2D eigenvalue weighted by Crippen LogP contribution is -2.36. The van der Waals surface area contributed by atoms with Crippen molar-refractivity contribution in [2.24, 2.45) is 5.92 Å². The maximum atomic E-state index is 9.25. The van der Waals surface area contributed by atoms with E-state index in [1.165, 1.54) is 0 Å². The lowest BCUT2D eigenvalue weighted by atomic mass is 10.1. The van der Waals surface area contributed by atoms with Crippen LogP contribution in [0.5, 0.6) is 0 Å². The lowest BCUT2D eigenvalue weighted by molar-refractivity contribution is 0.0564. The zero-order chi connectivity index (χ0) is 10.3. The molecule has 0 fully saturated rings. The smallest absolute Gasteiger partial charge is 0.0897 e. The highest BCUT2D eigenvalue weighted by atomic mass is 16.3. The fourth-order valence-electron chi connectivity index (χ4n) is 1.26. The first kappa shape index (κ1) is 12.9. The first-order chi connectivity index (χ1) is 6.13. The summed E-state index contributed by atoms with van der Waals surface area (Å²) in [6, 6.07) is 0. The van der Waals surface area contributed by atoms with Gasteiger partial charge in [0.15, 0.2) is 0 Å². The molecule has 0 heterocycles. The van der Waals surface area contributed by atoms with E-state index in [0.717, 1.165) is 19.5 Å². The molecule has 13 heavy (non-hydrogen) atoms. The first-order valence-electron chi connectivity index (χ1n) is 5.15. The molecule has 3 nitrogen and oxygen atoms in total. The van der Waals surface area contributed by atoms with Crippen molar-refractivity contribution in [1.29, 1.82) is 0 Å². The van der Waals surface area contributed by atoms with Crippen molar-refractivity contribution in [3.63, 3.8) is 0 Å². The number of aliphatic hydroxyl groups excluding tert-OH is 2. The summed E-state index contributed by atoms with van der Waals surface area (Å²) in [5.74, 6) is 0.658. The maximum Gasteiger partial charge on any atom is 0.0897 e. The van der Waals surface area contributed by atoms with Crippen molar-refractivity contribution >= 4 is 0 Å². The number of likely N-dealkylation sites (N-methyl/N-ethyl adjacent to an activating group) is 1. The SMILES string of the molecule is CCC(C)CN(CC)CC(O)CO. The molecule has 80 valence electrons. The van der Waals surface area contributed by atoms with Crippen LogP contribution >= 0.6 is 0 Å². The molecule has 0 amide bonds. The molecule has 0 aromatic rings. The van der Waals surface area contributed by atoms with Gasteiger partial charge < -0.3 is 15.1 Å². The van der Waals surface area contributed by atoms with Gasteiger partial charge in [0.05, 0.1) is 12.7 Å². The Hall–Kier alpha value is -0.120. The van der Waals surface area contributed by atoms with E-state index in [-0.39, 0.29) is 6.61 Å². The van der Waals surface area contributed by atoms with Crippen LogP contribution in [-0.4, -0.2) is 47.5 Å². The molecule has 0 rings (SSSR count). The van der Waals surface area contributed by atoms with E-state index in [0.29, 0.717) is 12.5 Å². The van der Waals surface area contributed by atoms with Crippen LogP contribution in [-0.2, 0) is 0 Å². The number of hydrogen-bond donors (Lipinski definition) is 2. The van der Waals surface area contributed by atoms with Crippen LogP contribution in [0.15, 0.2) is 0 Å². The molecule has 0 spiro atoms. The van der Waals surface area contributed by atoms with Crippen LogP contribution < -0.4 is 0 Å². The van der Waals surface area contributed by atoms with Gasteiger partial charge in [-0.15, -0.1) is 0 Å². The third-order valence-corrected chi connectivity index (χ3v) is 2.39. The second kappa shape index (κ2) is 7.30. The Bertz CT molecular complexity index is 107. The molecule has 0 aromatic carbocycles. The average Bonchev–Trinajstić information content (AvgIpc) is 2.16. The standard InChI is InChI=1S/C10H23NO2/c1-4-9(3)6-11(5-2)7-10(13)8-12/h9-10,12-13H,4-8H2,1-3H3. The fraction of sp³-hybridized carbons (Fsp3) is 1.00. The van der Waals surface area contributed by atoms with Gasteiger partial charge in [-0.05, 0) is 12.5 Å². The largest absolute Gasteiger partial charge is 0.394 e. The molecule has 3 heteroatoms. The Balaban J connectivity index is 3.74. The number of nitrogens with zero attached hydrogens (tertiary/aromatic N) is 1. The average molecular weight is 189 g/mol. The summed E-state index contributed by atoms with van der Waals surface area (Å²) in [5.41, 5.74) is 0. The van der Waals surface area contributed by atoms with Gasteiger partial charge in [-0.1, -0.05) is 27.2 Å². The molecule has 0 aliphatic heterocycles. The highest BCUT2D eigenvalue weighted by Gasteiger charge is 2.11. The van der Waals surface area contributed by atoms with Gasteiger partial charge in [0, 0.05) is 13.1 Å². The van der Waals surface area contributed by atoms with E-state index < -0.39 is 6.10 Å². The number of aliphatic hydroxyl groups is 2. The lowest BCUT2D eigenvalue weighted by Gasteiger charge is -2.25. The molecule has 0 aliphatic rings. The minimum Gasteiger partial charge on any atom is -0.394 e. The van der Waals surface area contributed by atoms with Crippen LogP contribution in [0.3, 0.4) is 0 Å². The quantitative estimate of drug-likeness (QED) is 0.620. The molecule has 0 bridgehead atoms. The topological polar surface area (TPSA) is 43.7 Å². The van der Waals surface area contributed by atoms with Crippen LogP contribution in [0.2, 0.25) is 0 Å². The monoisotopic (exact) mass is 189 g/mol. The van der Waals surface area contributed by atoms with E-state index in [1.54, 1.807) is 0 Å². The van der Waals surface area contributed by atoms with E-state index >= 15 is 0 Å². The Labute approximate surface area is 81.4 Å². The molecule has 0 radical (unpaired) electrons. The van der Waals surface area contributed by atoms with Crippen molar-refractivity contribution in [1.82, 2.24) is 4.90 Å². The van der Waals surface area contributed by atoms with Crippen LogP contribution in [0.25, 0.3) is 0 Å². The third-order valence-electron chi connectivity index (χ3n) is 2.39. The molecule has 0 saturated carbocycles. The summed E-state index contributed by atoms with van der Waals surface area (Å²) < 4.78 is 0. The first-order valence-corrected chi connectivity index (χ1v) is 5.15. The zero-order valence-corrected chi connectivity index (χ0v) is 9.03. The van der Waals surface area contributed by atoms with Crippen molar-refractivity contribution in [2.75, 3.05) is 26.2 Å². The van der Waals surface area contributed by atoms with Crippen molar-refractivity contribution in [3.8, 4) is 0 Å². The Morgan fingerprint density at radius 2 is 1.85 bits per heavy atom. The minimum atomic E-state index is -0.594. The summed E-state index contributed by atoms with van der Waals surface area (Å²) in [7, 11) is 0. The molecule has 0 aliphatic carbocycles. The molecule has 2 unspecified atom stereocenters. The summed E-state index contributed by atoms with van der Waals surface area (Å²) in [6.45, 7) is 8.82. The summed E-state index contributed by atoms with van der Waals surface area (Å²) >= 11 is 0. The minimum absolute atomic E-state index is 0.142. The summed E-state index contributed by atoms with van der Waals surface area (Å²) in [4.78, 5) is 2.18. The normalized spacial score (nSPS) is 16.2. The van der Waals surface area contributed by atoms with E-state index in [1.807, 2.05) is 0 Å². The second-order valence-corrected chi connectivity index (χ2v) is 3.70. The van der Waals surface area contributed by atoms with Gasteiger partial charge in [0.25, 0.3) is 0 Å². The fourth-order valence-corrected chi connectivity index (χ4v) is 1.26. The van der Waals surface area contributed by atoms with E-state index in [4.69, 9.17) is 5.11 Å². The van der Waals surface area contributed by atoms with E-state index in [2.05, 4.69) is 25.7 Å². The highest BCUT2D eigenvalue weighted by molar-refractivity contribution is 4.64. The third kappa shape index (κ3) is 6.02. The summed E-state index contributed by atoms with van der Waals surface area (Å²) in [6.07, 6.45) is 0.565. The highest BCUT2D eigenvalue weighted by Crippen LogP contribution is 2.04. The van der Waals surface area contributed by atoms with Gasteiger partial charge in [0.1, 0.15) is 0 Å². The number of rotatable bonds is 7. The van der Waals surface area contributed by atoms with Crippen LogP contribution in [0, 0.1) is 5.92 Å². The number of hydrogen-bond acceptors (Lipinski definition) is 3. The van der Waals surface area contributed by atoms with Gasteiger partial charge >= 0.3 is 0 Å². The zero-order valence-electron chi connectivity index (χ0n) is 9.03. The Morgan fingerprint density at radius 1 is 1.23 bits per heavy atom. The molecule has 0 aromatic heterocycles. The van der Waals surface area contributed by atoms with Gasteiger partial charge in [-0.3, -0.25) is 0 Å². The van der Waals surface area contributed by atoms with Gasteiger partial charge in [-0.2, -0.15) is 0 Å². The second-order valence-electron chi connectivity index (χ2n) is 3.70. The molecular weight excluding hydrogens is 166 g/mol. The van der Waals surface area contributed by atoms with E-state index in [9.17, 15) is 5.11 Å². The predicted molar refractivity (Wildman–Crippen MR) is 54.7 cm³/mol. The molecule has 2 N–H and O–H groups in total. The van der Waals surface area contributed by atoms with Gasteiger partial charge in [-0.25, -0.2) is 0 Å². The van der Waals surface area contributed by atoms with Crippen LogP contribution in [0.4, 0.5) is 0 Å². The van der Waals surface area contributed by atoms with Crippen molar-refractivity contribution < 1.29 is 10.2 Å². The summed E-state index contributed by atoms with van der Waals surface area (Å²) in [5, 5.41) is 17.9. The Kier molecular flexibility index (Phi) is 7.23. The molecular formula is C10H23NO2. The van der Waals surface area contributed by atoms with Gasteiger partial charge in [0.2, 0.25) is 0 Å². The van der Waals surface area contributed by atoms with Crippen molar-refractivity contribution in [3.05, 3.63) is 0 Å². The maximum absolute atomic E-state index is 9.25. The molecule has 2 atom stereocenters. The van der Waals surface area contributed by atoms with Crippen LogP contribution in [0.1, 0.15) is 27.2 Å². The predicted octanol–water partition coefficient (Wildman–Crippen LogP) is 0.708.